The first kappa shape index (κ1) is 22.7. The molecule has 0 N–H and O–H groups in total. The maximum absolute atomic E-state index is 14.3. The number of morpholine rings is 1. The minimum absolute atomic E-state index is 0. The number of benzene rings is 2. The van der Waals surface area contributed by atoms with Gasteiger partial charge in [-0.25, -0.2) is 8.78 Å². The summed E-state index contributed by atoms with van der Waals surface area (Å²) >= 11 is 0. The van der Waals surface area contributed by atoms with E-state index in [0.29, 0.717) is 38.4 Å². The van der Waals surface area contributed by atoms with Crippen LogP contribution in [0.15, 0.2) is 30.3 Å². The van der Waals surface area contributed by atoms with Gasteiger partial charge in [-0.1, -0.05) is 12.2 Å². The van der Waals surface area contributed by atoms with Crippen molar-refractivity contribution in [3.63, 3.8) is 0 Å². The fourth-order valence-electron chi connectivity index (χ4n) is 2.68. The Bertz CT molecular complexity index is 895. The Kier molecular flexibility index (Phi) is 8.02. The predicted molar refractivity (Wildman–Crippen MR) is 101 cm³/mol. The van der Waals surface area contributed by atoms with Gasteiger partial charge >= 0.3 is 0 Å². The molecule has 1 heterocycles. The van der Waals surface area contributed by atoms with Gasteiger partial charge in [0.05, 0.1) is 30.4 Å². The molecule has 9 heteroatoms. The molecule has 2 aromatic carbocycles. The van der Waals surface area contributed by atoms with Crippen LogP contribution in [0.3, 0.4) is 0 Å². The van der Waals surface area contributed by atoms with Gasteiger partial charge in [0.2, 0.25) is 17.4 Å². The molecule has 0 spiro atoms. The average molecular weight is 429 g/mol. The van der Waals surface area contributed by atoms with Crippen LogP contribution in [0, 0.1) is 34.6 Å². The zero-order valence-corrected chi connectivity index (χ0v) is 15.9. The van der Waals surface area contributed by atoms with E-state index in [2.05, 4.69) is 0 Å². The molecule has 4 nitrogen and oxygen atoms in total. The number of hydrogen-bond donors (Lipinski definition) is 0. The van der Waals surface area contributed by atoms with Gasteiger partial charge in [-0.15, -0.1) is 12.4 Å². The van der Waals surface area contributed by atoms with E-state index in [-0.39, 0.29) is 18.2 Å². The molecule has 1 aliphatic rings. The summed E-state index contributed by atoms with van der Waals surface area (Å²) in [5.74, 6) is -7.58. The molecule has 1 fully saturated rings. The number of nitrogens with zero attached hydrogens (tertiary/aromatic N) is 2. The summed E-state index contributed by atoms with van der Waals surface area (Å²) in [5, 5.41) is 8.74. The first-order valence-electron chi connectivity index (χ1n) is 8.52. The van der Waals surface area contributed by atoms with E-state index < -0.39 is 34.6 Å². The van der Waals surface area contributed by atoms with Gasteiger partial charge in [-0.2, -0.15) is 14.0 Å². The monoisotopic (exact) mass is 428 g/mol. The summed E-state index contributed by atoms with van der Waals surface area (Å²) in [5.41, 5.74) is -0.512. The number of nitriles is 1. The molecule has 0 aliphatic carbocycles. The second-order valence-electron chi connectivity index (χ2n) is 6.05. The predicted octanol–water partition coefficient (Wildman–Crippen LogP) is 4.67. The van der Waals surface area contributed by atoms with Gasteiger partial charge in [0, 0.05) is 19.6 Å². The normalized spacial score (nSPS) is 14.4. The van der Waals surface area contributed by atoms with Crippen molar-refractivity contribution in [1.29, 1.82) is 5.26 Å². The molecule has 29 heavy (non-hydrogen) atoms. The SMILES string of the molecule is Cl.N#Cc1ccc(Oc2c(F)c(F)c(/C=C/CN3CCOCC3)c(F)c2F)cc1. The molecule has 2 aromatic rings. The lowest BCUT2D eigenvalue weighted by atomic mass is 10.1. The highest BCUT2D eigenvalue weighted by atomic mass is 35.5. The van der Waals surface area contributed by atoms with Crippen LogP contribution in [-0.4, -0.2) is 37.7 Å². The molecule has 0 saturated carbocycles. The van der Waals surface area contributed by atoms with Crippen LogP contribution in [0.4, 0.5) is 17.6 Å². The molecular formula is C20H17ClF4N2O2. The molecule has 0 atom stereocenters. The number of ether oxygens (including phenoxy) is 2. The lowest BCUT2D eigenvalue weighted by Gasteiger charge is -2.25. The van der Waals surface area contributed by atoms with Crippen LogP contribution in [0.5, 0.6) is 11.5 Å². The second-order valence-corrected chi connectivity index (χ2v) is 6.05. The first-order chi connectivity index (χ1) is 13.5. The van der Waals surface area contributed by atoms with Crippen LogP contribution in [0.1, 0.15) is 11.1 Å². The lowest BCUT2D eigenvalue weighted by Crippen LogP contribution is -2.36. The zero-order valence-electron chi connectivity index (χ0n) is 15.1. The molecule has 154 valence electrons. The maximum Gasteiger partial charge on any atom is 0.205 e. The Hall–Kier alpha value is -2.60. The first-order valence-corrected chi connectivity index (χ1v) is 8.52. The molecule has 0 bridgehead atoms. The molecule has 0 radical (unpaired) electrons. The second kappa shape index (κ2) is 10.3. The van der Waals surface area contributed by atoms with Crippen molar-refractivity contribution in [1.82, 2.24) is 4.90 Å². The number of rotatable bonds is 5. The van der Waals surface area contributed by atoms with E-state index in [1.54, 1.807) is 0 Å². The van der Waals surface area contributed by atoms with E-state index in [0.717, 1.165) is 6.08 Å². The summed E-state index contributed by atoms with van der Waals surface area (Å²) in [6.07, 6.45) is 2.45. The van der Waals surface area contributed by atoms with Crippen molar-refractivity contribution in [2.75, 3.05) is 32.8 Å². The summed E-state index contributed by atoms with van der Waals surface area (Å²) in [7, 11) is 0. The molecule has 0 amide bonds. The van der Waals surface area contributed by atoms with E-state index >= 15 is 0 Å². The number of halogens is 5. The maximum atomic E-state index is 14.3. The van der Waals surface area contributed by atoms with Crippen LogP contribution in [0.25, 0.3) is 6.08 Å². The van der Waals surface area contributed by atoms with Gasteiger partial charge in [-0.05, 0) is 24.3 Å². The number of hydrogen-bond acceptors (Lipinski definition) is 4. The third kappa shape index (κ3) is 5.26. The van der Waals surface area contributed by atoms with Crippen LogP contribution >= 0.6 is 12.4 Å². The lowest BCUT2D eigenvalue weighted by molar-refractivity contribution is 0.0435. The van der Waals surface area contributed by atoms with Gasteiger partial charge in [0.15, 0.2) is 11.6 Å². The Balaban J connectivity index is 0.00000300. The van der Waals surface area contributed by atoms with Gasteiger partial charge in [-0.3, -0.25) is 4.90 Å². The average Bonchev–Trinajstić information content (AvgIpc) is 2.73. The largest absolute Gasteiger partial charge is 0.451 e. The summed E-state index contributed by atoms with van der Waals surface area (Å²) in [6, 6.07) is 7.10. The van der Waals surface area contributed by atoms with Crippen molar-refractivity contribution in [3.8, 4) is 17.6 Å². The molecular weight excluding hydrogens is 412 g/mol. The Morgan fingerprint density at radius 2 is 1.59 bits per heavy atom. The standard InChI is InChI=1S/C20H16F4N2O2.ClH/c21-16-15(2-1-7-26-8-10-27-11-9-26)17(22)19(24)20(18(16)23)28-14-5-3-13(12-25)4-6-14;/h1-6H,7-11H2;1H/b2-1+;. The fraction of sp³-hybridized carbons (Fsp3) is 0.250. The van der Waals surface area contributed by atoms with Gasteiger partial charge in [0.25, 0.3) is 0 Å². The third-order valence-electron chi connectivity index (χ3n) is 4.21. The fourth-order valence-corrected chi connectivity index (χ4v) is 2.68. The van der Waals surface area contributed by atoms with Crippen LogP contribution < -0.4 is 4.74 Å². The third-order valence-corrected chi connectivity index (χ3v) is 4.21. The van der Waals surface area contributed by atoms with Crippen LogP contribution in [0.2, 0.25) is 0 Å². The van der Waals surface area contributed by atoms with Crippen molar-refractivity contribution < 1.29 is 27.0 Å². The Morgan fingerprint density at radius 3 is 2.14 bits per heavy atom. The molecule has 0 unspecified atom stereocenters. The van der Waals surface area contributed by atoms with Crippen molar-refractivity contribution in [3.05, 3.63) is 64.7 Å². The quantitative estimate of drug-likeness (QED) is 0.512. The van der Waals surface area contributed by atoms with E-state index in [4.69, 9.17) is 14.7 Å². The zero-order chi connectivity index (χ0) is 20.1. The van der Waals surface area contributed by atoms with Crippen LogP contribution in [-0.2, 0) is 4.74 Å². The molecule has 1 aliphatic heterocycles. The minimum Gasteiger partial charge on any atom is -0.451 e. The Labute approximate surface area is 171 Å². The molecule has 0 aromatic heterocycles. The summed E-state index contributed by atoms with van der Waals surface area (Å²) < 4.78 is 67.4. The highest BCUT2D eigenvalue weighted by molar-refractivity contribution is 5.85. The molecule has 1 saturated heterocycles. The highest BCUT2D eigenvalue weighted by Crippen LogP contribution is 2.34. The van der Waals surface area contributed by atoms with Gasteiger partial charge < -0.3 is 9.47 Å². The highest BCUT2D eigenvalue weighted by Gasteiger charge is 2.26. The topological polar surface area (TPSA) is 45.5 Å². The summed E-state index contributed by atoms with van der Waals surface area (Å²) in [4.78, 5) is 1.98. The van der Waals surface area contributed by atoms with E-state index in [9.17, 15) is 17.6 Å². The van der Waals surface area contributed by atoms with E-state index in [1.165, 1.54) is 30.3 Å². The van der Waals surface area contributed by atoms with Crippen molar-refractivity contribution in [2.24, 2.45) is 0 Å². The van der Waals surface area contributed by atoms with Crippen molar-refractivity contribution in [2.45, 2.75) is 0 Å². The van der Waals surface area contributed by atoms with Crippen molar-refractivity contribution >= 4 is 18.5 Å². The van der Waals surface area contributed by atoms with E-state index in [1.807, 2.05) is 11.0 Å². The minimum atomic E-state index is -1.63. The van der Waals surface area contributed by atoms with Gasteiger partial charge in [0.1, 0.15) is 5.75 Å². The Morgan fingerprint density at radius 1 is 1.00 bits per heavy atom. The summed E-state index contributed by atoms with van der Waals surface area (Å²) in [6.45, 7) is 2.81. The smallest absolute Gasteiger partial charge is 0.205 e. The molecule has 3 rings (SSSR count).